The van der Waals surface area contributed by atoms with Crippen molar-refractivity contribution in [3.8, 4) is 11.5 Å². The fourth-order valence-corrected chi connectivity index (χ4v) is 6.69. The van der Waals surface area contributed by atoms with E-state index in [0.29, 0.717) is 12.2 Å². The number of aromatic hydroxyl groups is 1. The van der Waals surface area contributed by atoms with Gasteiger partial charge in [0.15, 0.2) is 17.6 Å². The van der Waals surface area contributed by atoms with Gasteiger partial charge in [-0.25, -0.2) is 0 Å². The maximum Gasteiger partial charge on any atom is 0.169 e. The lowest BCUT2D eigenvalue weighted by Crippen LogP contribution is -2.73. The van der Waals surface area contributed by atoms with Crippen molar-refractivity contribution < 1.29 is 19.4 Å². The summed E-state index contributed by atoms with van der Waals surface area (Å²) in [6, 6.07) is 11.8. The molecule has 0 radical (unpaired) electrons. The highest BCUT2D eigenvalue weighted by Gasteiger charge is 2.73. The highest BCUT2D eigenvalue weighted by atomic mass is 16.5. The second kappa shape index (κ2) is 4.56. The van der Waals surface area contributed by atoms with E-state index in [2.05, 4.69) is 18.0 Å². The Labute approximate surface area is 162 Å². The first-order chi connectivity index (χ1) is 13.5. The van der Waals surface area contributed by atoms with E-state index in [1.807, 2.05) is 24.3 Å². The minimum Gasteiger partial charge on any atom is -0.504 e. The van der Waals surface area contributed by atoms with Crippen molar-refractivity contribution in [3.05, 3.63) is 58.8 Å². The van der Waals surface area contributed by atoms with Crippen LogP contribution >= 0.6 is 0 Å². The number of likely N-dealkylation sites (N-methyl/N-ethyl adjacent to an activating group) is 1. The first kappa shape index (κ1) is 15.4. The van der Waals surface area contributed by atoms with Crippen LogP contribution in [-0.2, 0) is 18.3 Å². The third kappa shape index (κ3) is 1.42. The van der Waals surface area contributed by atoms with Crippen molar-refractivity contribution in [3.63, 3.8) is 0 Å². The summed E-state index contributed by atoms with van der Waals surface area (Å²) in [5.41, 5.74) is 2.53. The largest absolute Gasteiger partial charge is 0.504 e. The molecule has 3 aromatic rings. The van der Waals surface area contributed by atoms with Gasteiger partial charge in [-0.05, 0) is 44.1 Å². The monoisotopic (exact) mass is 375 g/mol. The van der Waals surface area contributed by atoms with E-state index in [-0.39, 0.29) is 11.8 Å². The number of piperidine rings is 1. The first-order valence-electron chi connectivity index (χ1n) is 9.99. The molecule has 4 unspecified atom stereocenters. The Hall–Kier alpha value is -2.50. The molecule has 2 aliphatic carbocycles. The molecule has 0 amide bonds. The van der Waals surface area contributed by atoms with Crippen LogP contribution in [0.2, 0.25) is 0 Å². The van der Waals surface area contributed by atoms with Gasteiger partial charge in [-0.1, -0.05) is 24.3 Å². The molecule has 1 saturated heterocycles. The number of rotatable bonds is 0. The molecule has 7 rings (SSSR count). The van der Waals surface area contributed by atoms with Crippen LogP contribution in [0.5, 0.6) is 11.5 Å². The van der Waals surface area contributed by atoms with E-state index in [1.54, 1.807) is 6.07 Å². The number of phenols is 1. The third-order valence-electron chi connectivity index (χ3n) is 7.89. The molecule has 2 aromatic carbocycles. The number of nitrogens with zero attached hydrogens (tertiary/aromatic N) is 1. The molecule has 2 aliphatic heterocycles. The Morgan fingerprint density at radius 3 is 2.93 bits per heavy atom. The molecule has 142 valence electrons. The van der Waals surface area contributed by atoms with Crippen molar-refractivity contribution in [1.29, 1.82) is 0 Å². The number of hydrogen-bond donors (Lipinski definition) is 2. The summed E-state index contributed by atoms with van der Waals surface area (Å²) in [5.74, 6) is 1.51. The van der Waals surface area contributed by atoms with Crippen molar-refractivity contribution in [2.45, 2.75) is 42.4 Å². The summed E-state index contributed by atoms with van der Waals surface area (Å²) >= 11 is 0. The van der Waals surface area contributed by atoms with Gasteiger partial charge < -0.3 is 24.3 Å². The van der Waals surface area contributed by atoms with Gasteiger partial charge in [-0.3, -0.25) is 0 Å². The smallest absolute Gasteiger partial charge is 0.169 e. The summed E-state index contributed by atoms with van der Waals surface area (Å²) in [4.78, 5) is 2.30. The van der Waals surface area contributed by atoms with Crippen LogP contribution < -0.4 is 4.74 Å². The summed E-state index contributed by atoms with van der Waals surface area (Å²) in [6.45, 7) is 0.886. The fourth-order valence-electron chi connectivity index (χ4n) is 6.69. The number of ether oxygens (including phenoxy) is 1. The molecule has 4 aliphatic rings. The zero-order chi connectivity index (χ0) is 18.8. The molecule has 3 heterocycles. The first-order valence-corrected chi connectivity index (χ1v) is 9.99. The van der Waals surface area contributed by atoms with Crippen LogP contribution in [0.15, 0.2) is 40.8 Å². The molecule has 2 bridgehead atoms. The molecule has 0 saturated carbocycles. The molecular weight excluding hydrogens is 354 g/mol. The van der Waals surface area contributed by atoms with Crippen molar-refractivity contribution >= 4 is 11.0 Å². The topological polar surface area (TPSA) is 66.1 Å². The maximum atomic E-state index is 12.4. The van der Waals surface area contributed by atoms with Gasteiger partial charge in [-0.15, -0.1) is 0 Å². The predicted octanol–water partition coefficient (Wildman–Crippen LogP) is 3.06. The summed E-state index contributed by atoms with van der Waals surface area (Å²) in [6.07, 6.45) is 1.68. The molecular formula is C23H21NO4. The van der Waals surface area contributed by atoms with E-state index in [4.69, 9.17) is 9.15 Å². The lowest BCUT2D eigenvalue weighted by Gasteiger charge is -2.61. The minimum absolute atomic E-state index is 0.0113. The number of likely N-dealkylation sites (tertiary alicyclic amines) is 1. The zero-order valence-electron chi connectivity index (χ0n) is 15.6. The number of benzene rings is 2. The molecule has 1 fully saturated rings. The average molecular weight is 375 g/mol. The Bertz CT molecular complexity index is 1180. The standard InChI is InChI=1S/C23H21NO4/c1-24-9-8-22-18-12-6-7-15(25)20(18)28-21(22)19-14(11-23(22,26)17(24)10-12)13-4-2-3-5-16(13)27-19/h2-7,17,21,25-26H,8-11H2,1H3. The second-order valence-corrected chi connectivity index (χ2v) is 8.91. The highest BCUT2D eigenvalue weighted by molar-refractivity contribution is 5.84. The number of para-hydroxylation sites is 1. The van der Waals surface area contributed by atoms with Gasteiger partial charge in [0.1, 0.15) is 11.3 Å². The minimum atomic E-state index is -0.962. The number of aliphatic hydroxyl groups is 1. The number of fused-ring (bicyclic) bond motifs is 4. The maximum absolute atomic E-state index is 12.4. The lowest BCUT2D eigenvalue weighted by molar-refractivity contribution is -0.170. The molecule has 5 heteroatoms. The number of hydrogen-bond acceptors (Lipinski definition) is 5. The Morgan fingerprint density at radius 2 is 2.04 bits per heavy atom. The van der Waals surface area contributed by atoms with Gasteiger partial charge in [0.2, 0.25) is 0 Å². The van der Waals surface area contributed by atoms with E-state index in [9.17, 15) is 10.2 Å². The summed E-state index contributed by atoms with van der Waals surface area (Å²) in [7, 11) is 2.11. The van der Waals surface area contributed by atoms with Crippen LogP contribution in [-0.4, -0.2) is 40.3 Å². The molecule has 1 spiro atoms. The number of phenolic OH excluding ortho intramolecular Hbond substituents is 1. The van der Waals surface area contributed by atoms with Crippen molar-refractivity contribution in [2.75, 3.05) is 13.6 Å². The molecule has 1 aromatic heterocycles. The Kier molecular flexibility index (Phi) is 2.51. The van der Waals surface area contributed by atoms with Gasteiger partial charge in [0, 0.05) is 29.0 Å². The fraction of sp³-hybridized carbons (Fsp3) is 0.391. The Morgan fingerprint density at radius 1 is 1.18 bits per heavy atom. The van der Waals surface area contributed by atoms with Crippen LogP contribution in [0.4, 0.5) is 0 Å². The van der Waals surface area contributed by atoms with E-state index in [0.717, 1.165) is 47.2 Å². The summed E-state index contributed by atoms with van der Waals surface area (Å²) in [5, 5.41) is 24.0. The van der Waals surface area contributed by atoms with Crippen LogP contribution in [0, 0.1) is 0 Å². The van der Waals surface area contributed by atoms with Crippen LogP contribution in [0.3, 0.4) is 0 Å². The molecule has 5 nitrogen and oxygen atoms in total. The zero-order valence-corrected chi connectivity index (χ0v) is 15.6. The third-order valence-corrected chi connectivity index (χ3v) is 7.89. The van der Waals surface area contributed by atoms with Crippen LogP contribution in [0.25, 0.3) is 11.0 Å². The van der Waals surface area contributed by atoms with Gasteiger partial charge in [-0.2, -0.15) is 0 Å². The highest BCUT2D eigenvalue weighted by Crippen LogP contribution is 2.69. The van der Waals surface area contributed by atoms with E-state index < -0.39 is 17.1 Å². The quantitative estimate of drug-likeness (QED) is 0.632. The SMILES string of the molecule is CN1CCC23c4c5ccc(O)c4OC2c2oc4ccccc4c2CC3(O)C1C5. The lowest BCUT2D eigenvalue weighted by atomic mass is 9.49. The molecule has 2 N–H and O–H groups in total. The van der Waals surface area contributed by atoms with Gasteiger partial charge >= 0.3 is 0 Å². The molecule has 4 atom stereocenters. The van der Waals surface area contributed by atoms with E-state index >= 15 is 0 Å². The number of furan rings is 1. The van der Waals surface area contributed by atoms with Gasteiger partial charge in [0.25, 0.3) is 0 Å². The predicted molar refractivity (Wildman–Crippen MR) is 103 cm³/mol. The van der Waals surface area contributed by atoms with E-state index in [1.165, 1.54) is 5.56 Å². The van der Waals surface area contributed by atoms with Gasteiger partial charge in [0.05, 0.1) is 11.0 Å². The van der Waals surface area contributed by atoms with Crippen molar-refractivity contribution in [1.82, 2.24) is 4.90 Å². The Balaban J connectivity index is 1.62. The molecule has 28 heavy (non-hydrogen) atoms. The normalized spacial score (nSPS) is 34.8. The second-order valence-electron chi connectivity index (χ2n) is 8.91. The summed E-state index contributed by atoms with van der Waals surface area (Å²) < 4.78 is 12.8. The van der Waals surface area contributed by atoms with Crippen LogP contribution in [0.1, 0.15) is 35.0 Å². The van der Waals surface area contributed by atoms with Crippen molar-refractivity contribution in [2.24, 2.45) is 0 Å². The average Bonchev–Trinajstić information content (AvgIpc) is 3.22.